The number of nitrogens with zero attached hydrogens (tertiary/aromatic N) is 2. The monoisotopic (exact) mass is 633 g/mol. The topological polar surface area (TPSA) is 86.8 Å². The molecule has 1 atom stereocenters. The number of amides is 2. The molecule has 3 aromatic rings. The molecule has 1 saturated carbocycles. The molecule has 1 aliphatic rings. The quantitative estimate of drug-likeness (QED) is 0.281. The zero-order valence-corrected chi connectivity index (χ0v) is 25.6. The Morgan fingerprint density at radius 3 is 2.26 bits per heavy atom. The van der Waals surface area contributed by atoms with E-state index in [1.165, 1.54) is 47.4 Å². The lowest BCUT2D eigenvalue weighted by molar-refractivity contribution is -0.140. The molecule has 0 spiro atoms. The molecule has 0 heterocycles. The van der Waals surface area contributed by atoms with Crippen molar-refractivity contribution < 1.29 is 22.4 Å². The average Bonchev–Trinajstić information content (AvgIpc) is 2.96. The minimum Gasteiger partial charge on any atom is -0.352 e. The molecule has 3 aromatic carbocycles. The molecule has 42 heavy (non-hydrogen) atoms. The van der Waals surface area contributed by atoms with Gasteiger partial charge in [-0.2, -0.15) is 0 Å². The lowest BCUT2D eigenvalue weighted by atomic mass is 9.94. The van der Waals surface area contributed by atoms with E-state index >= 15 is 0 Å². The largest absolute Gasteiger partial charge is 0.352 e. The summed E-state index contributed by atoms with van der Waals surface area (Å²) in [7, 11) is -4.00. The van der Waals surface area contributed by atoms with E-state index in [1.54, 1.807) is 0 Å². The summed E-state index contributed by atoms with van der Waals surface area (Å²) in [6, 6.07) is 18.3. The number of nitrogens with one attached hydrogen (secondary N) is 1. The van der Waals surface area contributed by atoms with Crippen LogP contribution in [0, 0.1) is 5.82 Å². The predicted octanol–water partition coefficient (Wildman–Crippen LogP) is 5.99. The Balaban J connectivity index is 1.73. The van der Waals surface area contributed by atoms with Crippen molar-refractivity contribution in [3.8, 4) is 0 Å². The molecule has 2 amide bonds. The zero-order chi connectivity index (χ0) is 30.3. The maximum absolute atomic E-state index is 14.2. The third kappa shape index (κ3) is 8.69. The van der Waals surface area contributed by atoms with Crippen LogP contribution in [0.3, 0.4) is 0 Å². The second kappa shape index (κ2) is 14.4. The number of carbonyl (C=O) groups is 2. The van der Waals surface area contributed by atoms with Gasteiger partial charge in [0.2, 0.25) is 21.8 Å². The first-order valence-corrected chi connectivity index (χ1v) is 16.4. The van der Waals surface area contributed by atoms with Crippen LogP contribution in [-0.4, -0.2) is 50.0 Å². The van der Waals surface area contributed by atoms with E-state index < -0.39 is 34.3 Å². The van der Waals surface area contributed by atoms with Gasteiger partial charge in [-0.15, -0.1) is 0 Å². The lowest BCUT2D eigenvalue weighted by Crippen LogP contribution is -2.55. The second-order valence-corrected chi connectivity index (χ2v) is 13.3. The molecule has 0 saturated heterocycles. The first-order chi connectivity index (χ1) is 20.0. The molecule has 1 fully saturated rings. The maximum atomic E-state index is 14.2. The zero-order valence-electron chi connectivity index (χ0n) is 23.3. The third-order valence-corrected chi connectivity index (χ3v) is 9.03. The normalized spacial score (nSPS) is 14.7. The molecule has 0 unspecified atom stereocenters. The Kier molecular flexibility index (Phi) is 10.9. The van der Waals surface area contributed by atoms with E-state index in [1.807, 2.05) is 30.3 Å². The molecule has 1 aliphatic carbocycles. The van der Waals surface area contributed by atoms with Gasteiger partial charge in [0.15, 0.2) is 0 Å². The van der Waals surface area contributed by atoms with Gasteiger partial charge in [0.1, 0.15) is 18.4 Å². The van der Waals surface area contributed by atoms with Gasteiger partial charge < -0.3 is 10.2 Å². The van der Waals surface area contributed by atoms with Crippen molar-refractivity contribution in [2.24, 2.45) is 0 Å². The number of carbonyl (C=O) groups excluding carboxylic acids is 2. The fourth-order valence-corrected chi connectivity index (χ4v) is 6.45. The van der Waals surface area contributed by atoms with Crippen LogP contribution >= 0.6 is 23.2 Å². The van der Waals surface area contributed by atoms with Crippen LogP contribution in [0.2, 0.25) is 10.0 Å². The second-order valence-electron chi connectivity index (χ2n) is 10.6. The van der Waals surface area contributed by atoms with E-state index in [2.05, 4.69) is 5.32 Å². The minimum atomic E-state index is -4.00. The van der Waals surface area contributed by atoms with Gasteiger partial charge in [-0.05, 0) is 54.3 Å². The van der Waals surface area contributed by atoms with Gasteiger partial charge >= 0.3 is 0 Å². The number of sulfonamides is 1. The summed E-state index contributed by atoms with van der Waals surface area (Å²) >= 11 is 12.5. The number of hydrogen-bond donors (Lipinski definition) is 1. The Hall–Kier alpha value is -3.14. The van der Waals surface area contributed by atoms with Crippen molar-refractivity contribution in [3.05, 3.63) is 99.8 Å². The van der Waals surface area contributed by atoms with Gasteiger partial charge in [-0.25, -0.2) is 12.8 Å². The number of rotatable bonds is 11. The highest BCUT2D eigenvalue weighted by molar-refractivity contribution is 7.92. The van der Waals surface area contributed by atoms with Crippen molar-refractivity contribution in [1.82, 2.24) is 10.2 Å². The van der Waals surface area contributed by atoms with Crippen LogP contribution in [0.15, 0.2) is 72.8 Å². The Morgan fingerprint density at radius 2 is 1.62 bits per heavy atom. The molecule has 224 valence electrons. The van der Waals surface area contributed by atoms with Crippen LogP contribution < -0.4 is 9.62 Å². The van der Waals surface area contributed by atoms with Crippen molar-refractivity contribution in [2.45, 2.75) is 57.2 Å². The summed E-state index contributed by atoms with van der Waals surface area (Å²) in [4.78, 5) is 29.5. The highest BCUT2D eigenvalue weighted by Gasteiger charge is 2.34. The van der Waals surface area contributed by atoms with E-state index in [9.17, 15) is 22.4 Å². The molecule has 7 nitrogen and oxygen atoms in total. The molecular formula is C31H34Cl2FN3O4S. The fraction of sp³-hybridized carbons (Fsp3) is 0.355. The Bertz CT molecular complexity index is 1480. The number of benzene rings is 3. The Labute approximate surface area is 256 Å². The summed E-state index contributed by atoms with van der Waals surface area (Å²) in [5.74, 6) is -1.39. The van der Waals surface area contributed by atoms with Crippen LogP contribution in [0.4, 0.5) is 10.1 Å². The van der Waals surface area contributed by atoms with Gasteiger partial charge in [0, 0.05) is 24.0 Å². The Morgan fingerprint density at radius 1 is 0.952 bits per heavy atom. The van der Waals surface area contributed by atoms with E-state index in [-0.39, 0.29) is 40.6 Å². The van der Waals surface area contributed by atoms with E-state index in [0.717, 1.165) is 48.2 Å². The number of hydrogen-bond acceptors (Lipinski definition) is 4. The van der Waals surface area contributed by atoms with Gasteiger partial charge in [-0.1, -0.05) is 84.9 Å². The van der Waals surface area contributed by atoms with Gasteiger partial charge in [0.05, 0.1) is 17.0 Å². The standard InChI is InChI=1S/C31H34Cl2FN3O4S/c1-42(40,41)37(28-19-24(32)14-17-27(28)33)21-30(38)36(20-23-12-15-25(34)16-13-23)29(18-22-8-4-2-5-9-22)31(39)35-26-10-6-3-7-11-26/h2,4-5,8-9,12-17,19,26,29H,3,6-7,10-11,18,20-21H2,1H3,(H,35,39)/t29-/m1/s1. The highest BCUT2D eigenvalue weighted by atomic mass is 35.5. The third-order valence-electron chi connectivity index (χ3n) is 7.34. The lowest BCUT2D eigenvalue weighted by Gasteiger charge is -2.35. The van der Waals surface area contributed by atoms with Crippen LogP contribution in [0.5, 0.6) is 0 Å². The average molecular weight is 635 g/mol. The van der Waals surface area contributed by atoms with Crippen LogP contribution in [-0.2, 0) is 32.6 Å². The summed E-state index contributed by atoms with van der Waals surface area (Å²) < 4.78 is 40.5. The molecular weight excluding hydrogens is 600 g/mol. The molecule has 0 aliphatic heterocycles. The van der Waals surface area contributed by atoms with Crippen LogP contribution in [0.25, 0.3) is 0 Å². The molecule has 4 rings (SSSR count). The van der Waals surface area contributed by atoms with Gasteiger partial charge in [0.25, 0.3) is 0 Å². The van der Waals surface area contributed by atoms with Crippen molar-refractivity contribution in [3.63, 3.8) is 0 Å². The fourth-order valence-electron chi connectivity index (χ4n) is 5.16. The molecule has 0 radical (unpaired) electrons. The van der Waals surface area contributed by atoms with Gasteiger partial charge in [-0.3, -0.25) is 13.9 Å². The minimum absolute atomic E-state index is 0.00918. The first kappa shape index (κ1) is 31.8. The molecule has 0 aromatic heterocycles. The number of anilines is 1. The summed E-state index contributed by atoms with van der Waals surface area (Å²) in [6.45, 7) is -0.669. The van der Waals surface area contributed by atoms with Crippen molar-refractivity contribution in [2.75, 3.05) is 17.1 Å². The van der Waals surface area contributed by atoms with Crippen molar-refractivity contribution in [1.29, 1.82) is 0 Å². The summed E-state index contributed by atoms with van der Waals surface area (Å²) in [6.07, 6.45) is 6.01. The highest BCUT2D eigenvalue weighted by Crippen LogP contribution is 2.31. The summed E-state index contributed by atoms with van der Waals surface area (Å²) in [5, 5.41) is 3.48. The molecule has 0 bridgehead atoms. The smallest absolute Gasteiger partial charge is 0.244 e. The maximum Gasteiger partial charge on any atom is 0.244 e. The van der Waals surface area contributed by atoms with Crippen LogP contribution in [0.1, 0.15) is 43.2 Å². The first-order valence-electron chi connectivity index (χ1n) is 13.8. The number of halogens is 3. The SMILES string of the molecule is CS(=O)(=O)N(CC(=O)N(Cc1ccc(F)cc1)[C@H](Cc1ccccc1)C(=O)NC1CCCCC1)c1cc(Cl)ccc1Cl. The molecule has 11 heteroatoms. The van der Waals surface area contributed by atoms with E-state index in [4.69, 9.17) is 23.2 Å². The summed E-state index contributed by atoms with van der Waals surface area (Å²) in [5.41, 5.74) is 1.46. The predicted molar refractivity (Wildman–Crippen MR) is 165 cm³/mol. The van der Waals surface area contributed by atoms with E-state index in [0.29, 0.717) is 5.56 Å². The molecule has 1 N–H and O–H groups in total. The van der Waals surface area contributed by atoms with Crippen molar-refractivity contribution >= 4 is 50.7 Å².